The van der Waals surface area contributed by atoms with E-state index in [0.29, 0.717) is 21.8 Å². The highest BCUT2D eigenvalue weighted by molar-refractivity contribution is 8.27. The fraction of sp³-hybridized carbons (Fsp3) is 0.273. The Bertz CT molecular complexity index is 918. The van der Waals surface area contributed by atoms with Gasteiger partial charge >= 0.3 is 0 Å². The van der Waals surface area contributed by atoms with Crippen molar-refractivity contribution in [3.05, 3.63) is 64.1 Å². The quantitative estimate of drug-likeness (QED) is 0.475. The molecule has 2 aromatic rings. The third-order valence-electron chi connectivity index (χ3n) is 4.16. The van der Waals surface area contributed by atoms with Crippen LogP contribution in [-0.4, -0.2) is 16.8 Å². The molecule has 0 saturated carbocycles. The number of para-hydroxylation sites is 1. The average Bonchev–Trinajstić information content (AvgIpc) is 2.88. The van der Waals surface area contributed by atoms with E-state index >= 15 is 0 Å². The van der Waals surface area contributed by atoms with Gasteiger partial charge in [0.1, 0.15) is 5.75 Å². The zero-order valence-electron chi connectivity index (χ0n) is 16.0. The lowest BCUT2D eigenvalue weighted by Crippen LogP contribution is -2.28. The van der Waals surface area contributed by atoms with Crippen LogP contribution in [0.3, 0.4) is 0 Å². The Labute approximate surface area is 170 Å². The molecule has 2 aromatic carbocycles. The molecule has 0 radical (unpaired) electrons. The molecule has 27 heavy (non-hydrogen) atoms. The minimum Gasteiger partial charge on any atom is -0.493 e. The van der Waals surface area contributed by atoms with Crippen LogP contribution in [0.4, 0.5) is 5.69 Å². The van der Waals surface area contributed by atoms with Gasteiger partial charge in [0, 0.05) is 5.56 Å². The zero-order valence-corrected chi connectivity index (χ0v) is 17.6. The van der Waals surface area contributed by atoms with Gasteiger partial charge in [0.15, 0.2) is 4.32 Å². The van der Waals surface area contributed by atoms with E-state index in [1.807, 2.05) is 56.3 Å². The smallest absolute Gasteiger partial charge is 0.270 e. The first-order valence-electron chi connectivity index (χ1n) is 8.94. The van der Waals surface area contributed by atoms with E-state index in [1.54, 1.807) is 4.90 Å². The molecule has 1 aliphatic heterocycles. The number of nitrogens with zero attached hydrogens (tertiary/aromatic N) is 1. The van der Waals surface area contributed by atoms with Crippen molar-refractivity contribution in [1.82, 2.24) is 0 Å². The predicted molar refractivity (Wildman–Crippen MR) is 118 cm³/mol. The summed E-state index contributed by atoms with van der Waals surface area (Å²) in [6.07, 6.45) is 1.87. The fourth-order valence-electron chi connectivity index (χ4n) is 2.86. The number of ether oxygens (including phenoxy) is 1. The average molecular weight is 398 g/mol. The molecular formula is C22H23NO2S2. The van der Waals surface area contributed by atoms with Gasteiger partial charge < -0.3 is 4.74 Å². The molecule has 0 N–H and O–H groups in total. The van der Waals surface area contributed by atoms with E-state index in [1.165, 1.54) is 11.8 Å². The van der Waals surface area contributed by atoms with E-state index < -0.39 is 0 Å². The van der Waals surface area contributed by atoms with Crippen LogP contribution in [0.25, 0.3) is 6.08 Å². The second kappa shape index (κ2) is 8.28. The van der Waals surface area contributed by atoms with Crippen LogP contribution in [0.1, 0.15) is 30.5 Å². The van der Waals surface area contributed by atoms with E-state index in [4.69, 9.17) is 17.0 Å². The van der Waals surface area contributed by atoms with Crippen LogP contribution in [0, 0.1) is 19.8 Å². The molecule has 0 bridgehead atoms. The first-order chi connectivity index (χ1) is 12.9. The van der Waals surface area contributed by atoms with Crippen LogP contribution in [0.5, 0.6) is 5.75 Å². The molecule has 0 aromatic heterocycles. The number of hydrogen-bond acceptors (Lipinski definition) is 4. The number of carbonyl (C=O) groups excluding carboxylic acids is 1. The molecule has 0 atom stereocenters. The molecule has 1 fully saturated rings. The molecule has 1 aliphatic rings. The van der Waals surface area contributed by atoms with Crippen molar-refractivity contribution in [2.24, 2.45) is 5.92 Å². The van der Waals surface area contributed by atoms with Gasteiger partial charge in [0.05, 0.1) is 17.2 Å². The maximum absolute atomic E-state index is 13.0. The van der Waals surface area contributed by atoms with Crippen molar-refractivity contribution in [2.45, 2.75) is 27.7 Å². The van der Waals surface area contributed by atoms with E-state index in [0.717, 1.165) is 28.1 Å². The highest BCUT2D eigenvalue weighted by Crippen LogP contribution is 2.38. The van der Waals surface area contributed by atoms with E-state index in [2.05, 4.69) is 19.9 Å². The molecular weight excluding hydrogens is 374 g/mol. The van der Waals surface area contributed by atoms with Crippen LogP contribution in [-0.2, 0) is 4.79 Å². The predicted octanol–water partition coefficient (Wildman–Crippen LogP) is 5.74. The zero-order chi connectivity index (χ0) is 19.6. The van der Waals surface area contributed by atoms with Gasteiger partial charge in [-0.05, 0) is 43.5 Å². The van der Waals surface area contributed by atoms with Gasteiger partial charge in [-0.15, -0.1) is 0 Å². The number of thioether (sulfide) groups is 1. The van der Waals surface area contributed by atoms with Crippen molar-refractivity contribution in [3.63, 3.8) is 0 Å². The first kappa shape index (κ1) is 19.6. The summed E-state index contributed by atoms with van der Waals surface area (Å²) in [7, 11) is 0. The maximum Gasteiger partial charge on any atom is 0.270 e. The molecule has 0 unspecified atom stereocenters. The topological polar surface area (TPSA) is 29.5 Å². The van der Waals surface area contributed by atoms with Crippen molar-refractivity contribution in [1.29, 1.82) is 0 Å². The summed E-state index contributed by atoms with van der Waals surface area (Å²) in [6.45, 7) is 8.89. The van der Waals surface area contributed by atoms with Crippen molar-refractivity contribution < 1.29 is 9.53 Å². The Morgan fingerprint density at radius 3 is 2.63 bits per heavy atom. The van der Waals surface area contributed by atoms with Crippen LogP contribution in [0.2, 0.25) is 0 Å². The minimum atomic E-state index is -0.0874. The van der Waals surface area contributed by atoms with E-state index in [9.17, 15) is 4.79 Å². The Hall–Kier alpha value is -2.11. The third kappa shape index (κ3) is 4.42. The van der Waals surface area contributed by atoms with Crippen LogP contribution < -0.4 is 9.64 Å². The molecule has 0 aliphatic carbocycles. The van der Waals surface area contributed by atoms with E-state index in [-0.39, 0.29) is 5.91 Å². The Balaban J connectivity index is 1.91. The molecule has 1 amide bonds. The van der Waals surface area contributed by atoms with Gasteiger partial charge in [0.25, 0.3) is 5.91 Å². The number of carbonyl (C=O) groups is 1. The van der Waals surface area contributed by atoms with Crippen LogP contribution in [0.15, 0.2) is 47.4 Å². The van der Waals surface area contributed by atoms with Crippen molar-refractivity contribution in [3.8, 4) is 5.75 Å². The molecule has 1 saturated heterocycles. The number of amides is 1. The maximum atomic E-state index is 13.0. The SMILES string of the molecule is Cc1ccc(N2C(=O)/C(=C/c3ccccc3OCC(C)C)SC2=S)c(C)c1. The highest BCUT2D eigenvalue weighted by Gasteiger charge is 2.34. The molecule has 3 nitrogen and oxygen atoms in total. The molecule has 140 valence electrons. The largest absolute Gasteiger partial charge is 0.493 e. The number of rotatable bonds is 5. The van der Waals surface area contributed by atoms with Crippen molar-refractivity contribution >= 4 is 46.0 Å². The second-order valence-corrected chi connectivity index (χ2v) is 8.73. The molecule has 5 heteroatoms. The van der Waals surface area contributed by atoms with Gasteiger partial charge in [-0.3, -0.25) is 9.69 Å². The summed E-state index contributed by atoms with van der Waals surface area (Å²) in [5.74, 6) is 1.12. The standard InChI is InChI=1S/C22H23NO2S2/c1-14(2)13-25-19-8-6-5-7-17(19)12-20-21(24)23(22(26)27-20)18-10-9-15(3)11-16(18)4/h5-12,14H,13H2,1-4H3/b20-12-. The Morgan fingerprint density at radius 1 is 1.19 bits per heavy atom. The lowest BCUT2D eigenvalue weighted by atomic mass is 10.1. The first-order valence-corrected chi connectivity index (χ1v) is 10.2. The summed E-state index contributed by atoms with van der Waals surface area (Å²) < 4.78 is 6.46. The van der Waals surface area contributed by atoms with Gasteiger partial charge in [-0.2, -0.15) is 0 Å². The van der Waals surface area contributed by atoms with Gasteiger partial charge in [-0.1, -0.05) is 73.7 Å². The fourth-order valence-corrected chi connectivity index (χ4v) is 4.14. The monoisotopic (exact) mass is 397 g/mol. The third-order valence-corrected chi connectivity index (χ3v) is 5.47. The molecule has 1 heterocycles. The summed E-state index contributed by atoms with van der Waals surface area (Å²) in [5, 5.41) is 0. The van der Waals surface area contributed by atoms with Gasteiger partial charge in [0.2, 0.25) is 0 Å². The summed E-state index contributed by atoms with van der Waals surface area (Å²) in [6, 6.07) is 13.8. The molecule has 0 spiro atoms. The summed E-state index contributed by atoms with van der Waals surface area (Å²) in [5.41, 5.74) is 3.93. The van der Waals surface area contributed by atoms with Crippen molar-refractivity contribution in [2.75, 3.05) is 11.5 Å². The molecule has 3 rings (SSSR count). The second-order valence-electron chi connectivity index (χ2n) is 7.05. The number of anilines is 1. The highest BCUT2D eigenvalue weighted by atomic mass is 32.2. The summed E-state index contributed by atoms with van der Waals surface area (Å²) in [4.78, 5) is 15.3. The van der Waals surface area contributed by atoms with Gasteiger partial charge in [-0.25, -0.2) is 0 Å². The minimum absolute atomic E-state index is 0.0874. The number of benzene rings is 2. The normalized spacial score (nSPS) is 15.9. The lowest BCUT2D eigenvalue weighted by molar-refractivity contribution is -0.113. The Morgan fingerprint density at radius 2 is 1.93 bits per heavy atom. The summed E-state index contributed by atoms with van der Waals surface area (Å²) >= 11 is 6.83. The van der Waals surface area contributed by atoms with Crippen LogP contribution >= 0.6 is 24.0 Å². The lowest BCUT2D eigenvalue weighted by Gasteiger charge is -2.17. The number of hydrogen-bond donors (Lipinski definition) is 0. The number of aryl methyl sites for hydroxylation is 2. The number of thiocarbonyl (C=S) groups is 1. The Kier molecular flexibility index (Phi) is 6.02.